The number of hydrogen-bond donors (Lipinski definition) is 1. The standard InChI is InChI=1S/C11H12N2O2/c1-13-7-6-12-10(13)8-2-4-9(5-3-8)11(14)15/h2-5H,6-7H2,1H3,(H,14,15). The molecule has 2 rings (SSSR count). The van der Waals surface area contributed by atoms with E-state index in [0.29, 0.717) is 5.56 Å². The molecule has 0 spiro atoms. The molecule has 1 aromatic rings. The molecule has 0 aliphatic carbocycles. The molecule has 1 N–H and O–H groups in total. The Labute approximate surface area is 87.9 Å². The number of amidine groups is 1. The predicted octanol–water partition coefficient (Wildman–Crippen LogP) is 1.08. The summed E-state index contributed by atoms with van der Waals surface area (Å²) in [6, 6.07) is 6.80. The molecular weight excluding hydrogens is 192 g/mol. The van der Waals surface area contributed by atoms with E-state index in [9.17, 15) is 4.79 Å². The Kier molecular flexibility index (Phi) is 2.41. The molecule has 0 aromatic heterocycles. The smallest absolute Gasteiger partial charge is 0.335 e. The summed E-state index contributed by atoms with van der Waals surface area (Å²) in [4.78, 5) is 17.1. The van der Waals surface area contributed by atoms with Gasteiger partial charge in [0.15, 0.2) is 0 Å². The Hall–Kier alpha value is -1.84. The van der Waals surface area contributed by atoms with Crippen LogP contribution in [-0.4, -0.2) is 41.9 Å². The molecule has 0 fully saturated rings. The van der Waals surface area contributed by atoms with Crippen molar-refractivity contribution in [2.75, 3.05) is 20.1 Å². The number of carboxylic acids is 1. The van der Waals surface area contributed by atoms with Crippen LogP contribution in [0.3, 0.4) is 0 Å². The molecule has 1 aliphatic heterocycles. The number of carboxylic acid groups (broad SMARTS) is 1. The zero-order valence-electron chi connectivity index (χ0n) is 8.47. The largest absolute Gasteiger partial charge is 0.478 e. The van der Waals surface area contributed by atoms with E-state index in [1.165, 1.54) is 0 Å². The molecule has 0 atom stereocenters. The molecule has 0 saturated heterocycles. The number of nitrogens with zero attached hydrogens (tertiary/aromatic N) is 2. The third kappa shape index (κ3) is 1.83. The maximum absolute atomic E-state index is 10.7. The highest BCUT2D eigenvalue weighted by molar-refractivity contribution is 6.00. The van der Waals surface area contributed by atoms with E-state index in [4.69, 9.17) is 5.11 Å². The monoisotopic (exact) mass is 204 g/mol. The first-order chi connectivity index (χ1) is 7.18. The molecule has 0 amide bonds. The number of likely N-dealkylation sites (N-methyl/N-ethyl adjacent to an activating group) is 1. The van der Waals surface area contributed by atoms with Gasteiger partial charge in [0.25, 0.3) is 0 Å². The number of carbonyl (C=O) groups is 1. The van der Waals surface area contributed by atoms with Crippen molar-refractivity contribution >= 4 is 11.8 Å². The van der Waals surface area contributed by atoms with Crippen molar-refractivity contribution in [2.45, 2.75) is 0 Å². The van der Waals surface area contributed by atoms with Crippen molar-refractivity contribution in [3.8, 4) is 0 Å². The molecule has 78 valence electrons. The van der Waals surface area contributed by atoms with E-state index in [1.807, 2.05) is 7.05 Å². The fraction of sp³-hybridized carbons (Fsp3) is 0.273. The Bertz CT molecular complexity index is 409. The summed E-state index contributed by atoms with van der Waals surface area (Å²) in [6.07, 6.45) is 0. The molecule has 0 unspecified atom stereocenters. The first kappa shape index (κ1) is 9.71. The number of aliphatic imine (C=N–C) groups is 1. The third-order valence-electron chi connectivity index (χ3n) is 2.45. The normalized spacial score (nSPS) is 15.3. The average Bonchev–Trinajstić information content (AvgIpc) is 2.65. The van der Waals surface area contributed by atoms with Crippen LogP contribution in [0.4, 0.5) is 0 Å². The van der Waals surface area contributed by atoms with Crippen LogP contribution in [0.1, 0.15) is 15.9 Å². The molecular formula is C11H12N2O2. The van der Waals surface area contributed by atoms with Gasteiger partial charge in [0.1, 0.15) is 5.84 Å². The summed E-state index contributed by atoms with van der Waals surface area (Å²) in [5.41, 5.74) is 1.28. The maximum atomic E-state index is 10.7. The van der Waals surface area contributed by atoms with E-state index in [0.717, 1.165) is 24.5 Å². The van der Waals surface area contributed by atoms with Gasteiger partial charge in [-0.2, -0.15) is 0 Å². The lowest BCUT2D eigenvalue weighted by Crippen LogP contribution is -2.23. The van der Waals surface area contributed by atoms with E-state index >= 15 is 0 Å². The van der Waals surface area contributed by atoms with Crippen LogP contribution < -0.4 is 0 Å². The second-order valence-electron chi connectivity index (χ2n) is 3.51. The minimum Gasteiger partial charge on any atom is -0.478 e. The second-order valence-corrected chi connectivity index (χ2v) is 3.51. The van der Waals surface area contributed by atoms with E-state index < -0.39 is 5.97 Å². The van der Waals surface area contributed by atoms with Gasteiger partial charge in [0.05, 0.1) is 12.1 Å². The van der Waals surface area contributed by atoms with Gasteiger partial charge in [-0.25, -0.2) is 4.79 Å². The minimum absolute atomic E-state index is 0.306. The summed E-state index contributed by atoms with van der Waals surface area (Å²) < 4.78 is 0. The fourth-order valence-corrected chi connectivity index (χ4v) is 1.61. The minimum atomic E-state index is -0.900. The summed E-state index contributed by atoms with van der Waals surface area (Å²) in [7, 11) is 1.98. The molecule has 0 saturated carbocycles. The first-order valence-corrected chi connectivity index (χ1v) is 4.78. The van der Waals surface area contributed by atoms with Gasteiger partial charge in [-0.05, 0) is 12.1 Å². The van der Waals surface area contributed by atoms with E-state index in [1.54, 1.807) is 24.3 Å². The SMILES string of the molecule is CN1CCN=C1c1ccc(C(=O)O)cc1. The van der Waals surface area contributed by atoms with Crippen molar-refractivity contribution in [1.82, 2.24) is 4.90 Å². The van der Waals surface area contributed by atoms with Crippen molar-refractivity contribution in [2.24, 2.45) is 4.99 Å². The van der Waals surface area contributed by atoms with Crippen molar-refractivity contribution in [3.63, 3.8) is 0 Å². The summed E-state index contributed by atoms with van der Waals surface area (Å²) >= 11 is 0. The zero-order valence-corrected chi connectivity index (χ0v) is 8.47. The lowest BCUT2D eigenvalue weighted by molar-refractivity contribution is 0.0697. The van der Waals surface area contributed by atoms with Gasteiger partial charge < -0.3 is 10.0 Å². The van der Waals surface area contributed by atoms with Gasteiger partial charge in [-0.1, -0.05) is 12.1 Å². The molecule has 1 heterocycles. The molecule has 15 heavy (non-hydrogen) atoms. The van der Waals surface area contributed by atoms with Gasteiger partial charge >= 0.3 is 5.97 Å². The van der Waals surface area contributed by atoms with Gasteiger partial charge in [0, 0.05) is 19.2 Å². The fourth-order valence-electron chi connectivity index (χ4n) is 1.61. The average molecular weight is 204 g/mol. The Morgan fingerprint density at radius 2 is 2.07 bits per heavy atom. The number of benzene rings is 1. The first-order valence-electron chi connectivity index (χ1n) is 4.78. The van der Waals surface area contributed by atoms with Gasteiger partial charge in [0.2, 0.25) is 0 Å². The molecule has 4 heteroatoms. The number of aromatic carboxylic acids is 1. The molecule has 1 aliphatic rings. The summed E-state index contributed by atoms with van der Waals surface area (Å²) in [6.45, 7) is 1.74. The highest BCUT2D eigenvalue weighted by Gasteiger charge is 2.14. The molecule has 1 aromatic carbocycles. The van der Waals surface area contributed by atoms with E-state index in [-0.39, 0.29) is 0 Å². The van der Waals surface area contributed by atoms with Crippen LogP contribution in [0.2, 0.25) is 0 Å². The third-order valence-corrected chi connectivity index (χ3v) is 2.45. The highest BCUT2D eigenvalue weighted by Crippen LogP contribution is 2.11. The number of hydrogen-bond acceptors (Lipinski definition) is 3. The quantitative estimate of drug-likeness (QED) is 0.784. The predicted molar refractivity (Wildman–Crippen MR) is 57.4 cm³/mol. The van der Waals surface area contributed by atoms with Crippen LogP contribution >= 0.6 is 0 Å². The van der Waals surface area contributed by atoms with Crippen molar-refractivity contribution in [3.05, 3.63) is 35.4 Å². The van der Waals surface area contributed by atoms with Crippen LogP contribution in [0.15, 0.2) is 29.3 Å². The Balaban J connectivity index is 2.27. The lowest BCUT2D eigenvalue weighted by atomic mass is 10.1. The topological polar surface area (TPSA) is 52.9 Å². The van der Waals surface area contributed by atoms with Gasteiger partial charge in [-0.15, -0.1) is 0 Å². The highest BCUT2D eigenvalue weighted by atomic mass is 16.4. The van der Waals surface area contributed by atoms with Crippen LogP contribution in [0.25, 0.3) is 0 Å². The Morgan fingerprint density at radius 3 is 2.53 bits per heavy atom. The lowest BCUT2D eigenvalue weighted by Gasteiger charge is -2.13. The van der Waals surface area contributed by atoms with Crippen LogP contribution in [0, 0.1) is 0 Å². The molecule has 0 radical (unpaired) electrons. The van der Waals surface area contributed by atoms with Crippen LogP contribution in [0.5, 0.6) is 0 Å². The summed E-state index contributed by atoms with van der Waals surface area (Å²) in [5.74, 6) is 0.0372. The number of rotatable bonds is 2. The van der Waals surface area contributed by atoms with Crippen molar-refractivity contribution in [1.29, 1.82) is 0 Å². The summed E-state index contributed by atoms with van der Waals surface area (Å²) in [5, 5.41) is 8.75. The second kappa shape index (κ2) is 3.73. The van der Waals surface area contributed by atoms with Gasteiger partial charge in [-0.3, -0.25) is 4.99 Å². The Morgan fingerprint density at radius 1 is 1.40 bits per heavy atom. The molecule has 0 bridgehead atoms. The molecule has 4 nitrogen and oxygen atoms in total. The van der Waals surface area contributed by atoms with Crippen LogP contribution in [-0.2, 0) is 0 Å². The zero-order chi connectivity index (χ0) is 10.8. The van der Waals surface area contributed by atoms with E-state index in [2.05, 4.69) is 9.89 Å². The van der Waals surface area contributed by atoms with Crippen molar-refractivity contribution < 1.29 is 9.90 Å². The maximum Gasteiger partial charge on any atom is 0.335 e.